The maximum Gasteiger partial charge on any atom is 0.435 e. The normalized spacial score (nSPS) is 13.6. The van der Waals surface area contributed by atoms with Crippen molar-refractivity contribution in [3.63, 3.8) is 0 Å². The SMILES string of the molecule is Cc1cc(OCc2ccc(C(=O)NCCCn3nc(C(F)(F)F)cc3C3CC3)o2)ccc1[N+](=O)[O-]. The predicted octanol–water partition coefficient (Wildman–Crippen LogP) is 4.99. The van der Waals surface area contributed by atoms with Gasteiger partial charge in [0.15, 0.2) is 11.5 Å². The zero-order valence-electron chi connectivity index (χ0n) is 18.8. The molecule has 1 aromatic carbocycles. The molecule has 3 aromatic rings. The summed E-state index contributed by atoms with van der Waals surface area (Å²) in [7, 11) is 0. The molecule has 35 heavy (non-hydrogen) atoms. The van der Waals surface area contributed by atoms with Crippen LogP contribution in [0.25, 0.3) is 0 Å². The van der Waals surface area contributed by atoms with E-state index in [0.29, 0.717) is 29.2 Å². The Morgan fingerprint density at radius 3 is 2.71 bits per heavy atom. The van der Waals surface area contributed by atoms with Crippen molar-refractivity contribution in [3.8, 4) is 5.75 Å². The molecule has 1 fully saturated rings. The van der Waals surface area contributed by atoms with Crippen molar-refractivity contribution in [2.45, 2.75) is 51.4 Å². The smallest absolute Gasteiger partial charge is 0.435 e. The van der Waals surface area contributed by atoms with Crippen molar-refractivity contribution >= 4 is 11.6 Å². The van der Waals surface area contributed by atoms with Crippen LogP contribution in [-0.4, -0.2) is 27.2 Å². The van der Waals surface area contributed by atoms with Crippen LogP contribution in [0.1, 0.15) is 58.4 Å². The fourth-order valence-electron chi connectivity index (χ4n) is 3.63. The maximum atomic E-state index is 13.0. The number of hydrogen-bond acceptors (Lipinski definition) is 6. The predicted molar refractivity (Wildman–Crippen MR) is 117 cm³/mol. The molecule has 0 aliphatic heterocycles. The van der Waals surface area contributed by atoms with E-state index in [1.54, 1.807) is 19.1 Å². The van der Waals surface area contributed by atoms with Gasteiger partial charge in [0.05, 0.1) is 4.92 Å². The second-order valence-corrected chi connectivity index (χ2v) is 8.32. The Kier molecular flexibility index (Phi) is 6.81. The summed E-state index contributed by atoms with van der Waals surface area (Å²) in [5.74, 6) is 0.540. The number of nitro groups is 1. The van der Waals surface area contributed by atoms with Gasteiger partial charge in [-0.1, -0.05) is 0 Å². The van der Waals surface area contributed by atoms with Gasteiger partial charge in [-0.2, -0.15) is 18.3 Å². The molecule has 1 N–H and O–H groups in total. The van der Waals surface area contributed by atoms with Gasteiger partial charge in [0.2, 0.25) is 0 Å². The molecule has 0 unspecified atom stereocenters. The number of nitrogens with zero attached hydrogens (tertiary/aromatic N) is 3. The molecular weight excluding hydrogens is 469 g/mol. The first-order valence-corrected chi connectivity index (χ1v) is 11.0. The Labute approximate surface area is 198 Å². The van der Waals surface area contributed by atoms with Gasteiger partial charge in [-0.15, -0.1) is 0 Å². The summed E-state index contributed by atoms with van der Waals surface area (Å²) in [5, 5.41) is 17.3. The lowest BCUT2D eigenvalue weighted by molar-refractivity contribution is -0.385. The first-order chi connectivity index (χ1) is 16.6. The van der Waals surface area contributed by atoms with E-state index in [1.807, 2.05) is 0 Å². The number of hydrogen-bond donors (Lipinski definition) is 1. The van der Waals surface area contributed by atoms with Crippen molar-refractivity contribution in [3.05, 3.63) is 75.0 Å². The van der Waals surface area contributed by atoms with Crippen LogP contribution >= 0.6 is 0 Å². The van der Waals surface area contributed by atoms with Crippen molar-refractivity contribution in [1.29, 1.82) is 0 Å². The van der Waals surface area contributed by atoms with Crippen molar-refractivity contribution in [1.82, 2.24) is 15.1 Å². The molecule has 9 nitrogen and oxygen atoms in total. The number of alkyl halides is 3. The molecule has 2 aromatic heterocycles. The minimum atomic E-state index is -4.49. The third kappa shape index (κ3) is 6.00. The van der Waals surface area contributed by atoms with Gasteiger partial charge in [0.1, 0.15) is 18.1 Å². The van der Waals surface area contributed by atoms with Gasteiger partial charge in [0.25, 0.3) is 11.6 Å². The van der Waals surface area contributed by atoms with Crippen molar-refractivity contribution < 1.29 is 32.0 Å². The van der Waals surface area contributed by atoms with Gasteiger partial charge in [-0.05, 0) is 56.5 Å². The van der Waals surface area contributed by atoms with E-state index >= 15 is 0 Å². The zero-order chi connectivity index (χ0) is 25.2. The number of amides is 1. The first kappa shape index (κ1) is 24.3. The topological polar surface area (TPSA) is 112 Å². The summed E-state index contributed by atoms with van der Waals surface area (Å²) in [6, 6.07) is 8.56. The lowest BCUT2D eigenvalue weighted by atomic mass is 10.2. The summed E-state index contributed by atoms with van der Waals surface area (Å²) in [6.45, 7) is 2.12. The fourth-order valence-corrected chi connectivity index (χ4v) is 3.63. The zero-order valence-corrected chi connectivity index (χ0v) is 18.8. The number of aryl methyl sites for hydroxylation is 2. The molecule has 1 aliphatic rings. The van der Waals surface area contributed by atoms with Crippen LogP contribution in [0.5, 0.6) is 5.75 Å². The Bertz CT molecular complexity index is 1230. The molecule has 2 heterocycles. The van der Waals surface area contributed by atoms with E-state index in [9.17, 15) is 28.1 Å². The standard InChI is InChI=1S/C23H23F3N4O5/c1-14-11-16(5-7-18(14)30(32)33)34-13-17-6-8-20(35-17)22(31)27-9-2-10-29-19(15-3-4-15)12-21(28-29)23(24,25)26/h5-8,11-12,15H,2-4,9-10,13H2,1H3,(H,27,31). The number of rotatable bonds is 10. The molecule has 0 bridgehead atoms. The highest BCUT2D eigenvalue weighted by Crippen LogP contribution is 2.42. The summed E-state index contributed by atoms with van der Waals surface area (Å²) < 4.78 is 51.4. The molecule has 0 radical (unpaired) electrons. The van der Waals surface area contributed by atoms with Crippen molar-refractivity contribution in [2.24, 2.45) is 0 Å². The highest BCUT2D eigenvalue weighted by molar-refractivity contribution is 5.91. The summed E-state index contributed by atoms with van der Waals surface area (Å²) in [5.41, 5.74) is 0.146. The van der Waals surface area contributed by atoms with Crippen LogP contribution < -0.4 is 10.1 Å². The van der Waals surface area contributed by atoms with Crippen molar-refractivity contribution in [2.75, 3.05) is 6.54 Å². The number of ether oxygens (including phenoxy) is 1. The molecule has 12 heteroatoms. The summed E-state index contributed by atoms with van der Waals surface area (Å²) in [4.78, 5) is 22.7. The Morgan fingerprint density at radius 1 is 1.29 bits per heavy atom. The number of furan rings is 1. The second-order valence-electron chi connectivity index (χ2n) is 8.32. The van der Waals surface area contributed by atoms with Crippen LogP contribution in [0.15, 0.2) is 40.8 Å². The third-order valence-electron chi connectivity index (χ3n) is 5.56. The molecule has 1 amide bonds. The van der Waals surface area contributed by atoms with E-state index in [2.05, 4.69) is 10.4 Å². The van der Waals surface area contributed by atoms with E-state index in [1.165, 1.54) is 22.9 Å². The van der Waals surface area contributed by atoms with E-state index in [0.717, 1.165) is 18.9 Å². The monoisotopic (exact) mass is 492 g/mol. The molecule has 1 aliphatic carbocycles. The molecule has 0 atom stereocenters. The lowest BCUT2D eigenvalue weighted by Gasteiger charge is -2.07. The van der Waals surface area contributed by atoms with Gasteiger partial charge < -0.3 is 14.5 Å². The molecule has 186 valence electrons. The Morgan fingerprint density at radius 2 is 2.06 bits per heavy atom. The van der Waals surface area contributed by atoms with E-state index in [-0.39, 0.29) is 37.1 Å². The van der Waals surface area contributed by atoms with Crippen LogP contribution in [0.2, 0.25) is 0 Å². The number of benzene rings is 1. The van der Waals surface area contributed by atoms with Crippen LogP contribution in [-0.2, 0) is 19.3 Å². The van der Waals surface area contributed by atoms with E-state index < -0.39 is 22.7 Å². The molecule has 1 saturated carbocycles. The average Bonchev–Trinajstić information content (AvgIpc) is 3.35. The van der Waals surface area contributed by atoms with Crippen LogP contribution in [0.3, 0.4) is 0 Å². The molecule has 0 saturated heterocycles. The maximum absolute atomic E-state index is 13.0. The third-order valence-corrected chi connectivity index (χ3v) is 5.56. The number of halogens is 3. The number of carbonyl (C=O) groups is 1. The largest absolute Gasteiger partial charge is 0.486 e. The number of carbonyl (C=O) groups excluding carboxylic acids is 1. The molecule has 4 rings (SSSR count). The van der Waals surface area contributed by atoms with Crippen LogP contribution in [0.4, 0.5) is 18.9 Å². The minimum absolute atomic E-state index is 0.00795. The minimum Gasteiger partial charge on any atom is -0.486 e. The number of nitrogens with one attached hydrogen (secondary N) is 1. The summed E-state index contributed by atoms with van der Waals surface area (Å²) in [6.07, 6.45) is -2.37. The van der Waals surface area contributed by atoms with E-state index in [4.69, 9.17) is 9.15 Å². The van der Waals surface area contributed by atoms with Gasteiger partial charge in [-0.3, -0.25) is 19.6 Å². The average molecular weight is 492 g/mol. The lowest BCUT2D eigenvalue weighted by Crippen LogP contribution is -2.25. The van der Waals surface area contributed by atoms with Gasteiger partial charge in [0, 0.05) is 36.3 Å². The Hall–Kier alpha value is -3.83. The quantitative estimate of drug-likeness (QED) is 0.242. The highest BCUT2D eigenvalue weighted by Gasteiger charge is 2.37. The first-order valence-electron chi connectivity index (χ1n) is 11.0. The fraction of sp³-hybridized carbons (Fsp3) is 0.391. The second kappa shape index (κ2) is 9.80. The molecule has 0 spiro atoms. The van der Waals surface area contributed by atoms with Gasteiger partial charge >= 0.3 is 6.18 Å². The number of nitro benzene ring substituents is 1. The summed E-state index contributed by atoms with van der Waals surface area (Å²) >= 11 is 0. The Balaban J connectivity index is 1.25. The highest BCUT2D eigenvalue weighted by atomic mass is 19.4. The molecular formula is C23H23F3N4O5. The van der Waals surface area contributed by atoms with Gasteiger partial charge in [-0.25, -0.2) is 0 Å². The number of aromatic nitrogens is 2. The van der Waals surface area contributed by atoms with Crippen LogP contribution in [0, 0.1) is 17.0 Å².